The molecule has 2 aromatic rings. The summed E-state index contributed by atoms with van der Waals surface area (Å²) in [6, 6.07) is 2.17. The second kappa shape index (κ2) is 6.67. The molecule has 1 unspecified atom stereocenters. The number of rotatable bonds is 6. The summed E-state index contributed by atoms with van der Waals surface area (Å²) in [6.45, 7) is 2.18. The molecule has 0 radical (unpaired) electrons. The molecule has 4 rings (SSSR count). The van der Waals surface area contributed by atoms with Crippen molar-refractivity contribution in [1.82, 2.24) is 24.6 Å². The van der Waals surface area contributed by atoms with Gasteiger partial charge in [0.05, 0.1) is 0 Å². The Bertz CT molecular complexity index is 742. The van der Waals surface area contributed by atoms with Crippen LogP contribution in [0.5, 0.6) is 0 Å². The molecule has 0 bridgehead atoms. The molecule has 2 aromatic heterocycles. The standard InChI is InChI=1S/C17H22F2N6/c1-24-8-12(15(23-24)16(18)19)9-25-7-5-13(10-25)21-14-4-6-20-17(22-14)11-2-3-11/h4,6,8,11,13,16H,2-3,5,7,9-10H2,1H3,(H,20,21,22). The Morgan fingerprint density at radius 3 is 2.92 bits per heavy atom. The van der Waals surface area contributed by atoms with Gasteiger partial charge in [0.1, 0.15) is 17.3 Å². The predicted octanol–water partition coefficient (Wildman–Crippen LogP) is 2.71. The summed E-state index contributed by atoms with van der Waals surface area (Å²) in [5, 5.41) is 7.34. The van der Waals surface area contributed by atoms with E-state index in [0.29, 0.717) is 18.0 Å². The van der Waals surface area contributed by atoms with Gasteiger partial charge in [-0.15, -0.1) is 0 Å². The molecule has 1 N–H and O–H groups in total. The molecule has 2 fully saturated rings. The molecule has 0 spiro atoms. The van der Waals surface area contributed by atoms with Gasteiger partial charge in [-0.25, -0.2) is 18.7 Å². The summed E-state index contributed by atoms with van der Waals surface area (Å²) in [4.78, 5) is 11.1. The number of aryl methyl sites for hydroxylation is 1. The summed E-state index contributed by atoms with van der Waals surface area (Å²) < 4.78 is 27.6. The second-order valence-corrected chi connectivity index (χ2v) is 6.95. The van der Waals surface area contributed by atoms with Gasteiger partial charge in [0.15, 0.2) is 0 Å². The summed E-state index contributed by atoms with van der Waals surface area (Å²) in [7, 11) is 1.68. The molecular formula is C17H22F2N6. The number of hydrogen-bond acceptors (Lipinski definition) is 5. The van der Waals surface area contributed by atoms with Crippen LogP contribution in [0.2, 0.25) is 0 Å². The SMILES string of the molecule is Cn1cc(CN2CCC(Nc3ccnc(C4CC4)n3)C2)c(C(F)F)n1. The predicted molar refractivity (Wildman–Crippen MR) is 89.5 cm³/mol. The van der Waals surface area contributed by atoms with Crippen LogP contribution in [0.15, 0.2) is 18.5 Å². The van der Waals surface area contributed by atoms with Gasteiger partial charge in [-0.3, -0.25) is 9.58 Å². The van der Waals surface area contributed by atoms with Crippen molar-refractivity contribution in [2.75, 3.05) is 18.4 Å². The highest BCUT2D eigenvalue weighted by molar-refractivity contribution is 5.35. The average molecular weight is 348 g/mol. The van der Waals surface area contributed by atoms with E-state index < -0.39 is 6.43 Å². The molecule has 134 valence electrons. The number of nitrogens with one attached hydrogen (secondary N) is 1. The Balaban J connectivity index is 1.36. The lowest BCUT2D eigenvalue weighted by Crippen LogP contribution is -2.26. The van der Waals surface area contributed by atoms with Gasteiger partial charge in [0.25, 0.3) is 6.43 Å². The van der Waals surface area contributed by atoms with Gasteiger partial charge in [0, 0.05) is 56.6 Å². The Labute approximate surface area is 145 Å². The summed E-state index contributed by atoms with van der Waals surface area (Å²) in [5.41, 5.74) is 0.500. The smallest absolute Gasteiger partial charge is 0.282 e. The van der Waals surface area contributed by atoms with Crippen LogP contribution in [-0.4, -0.2) is 43.8 Å². The molecule has 0 amide bonds. The van der Waals surface area contributed by atoms with E-state index in [1.165, 1.54) is 17.5 Å². The third-order valence-electron chi connectivity index (χ3n) is 4.78. The molecule has 2 aliphatic rings. The molecule has 3 heterocycles. The lowest BCUT2D eigenvalue weighted by Gasteiger charge is -2.17. The number of nitrogens with zero attached hydrogens (tertiary/aromatic N) is 5. The Morgan fingerprint density at radius 2 is 2.16 bits per heavy atom. The number of alkyl halides is 2. The number of likely N-dealkylation sites (tertiary alicyclic amines) is 1. The van der Waals surface area contributed by atoms with E-state index in [-0.39, 0.29) is 11.7 Å². The van der Waals surface area contributed by atoms with Gasteiger partial charge < -0.3 is 5.32 Å². The van der Waals surface area contributed by atoms with Crippen LogP contribution in [0.25, 0.3) is 0 Å². The van der Waals surface area contributed by atoms with E-state index in [4.69, 9.17) is 0 Å². The minimum atomic E-state index is -2.53. The van der Waals surface area contributed by atoms with Crippen LogP contribution in [0.1, 0.15) is 48.7 Å². The quantitative estimate of drug-likeness (QED) is 0.870. The molecule has 1 saturated carbocycles. The fourth-order valence-corrected chi connectivity index (χ4v) is 3.40. The number of halogens is 2. The Morgan fingerprint density at radius 1 is 1.32 bits per heavy atom. The van der Waals surface area contributed by atoms with E-state index in [1.807, 2.05) is 6.07 Å². The van der Waals surface area contributed by atoms with Crippen LogP contribution in [0, 0.1) is 0 Å². The largest absolute Gasteiger partial charge is 0.366 e. The van der Waals surface area contributed by atoms with Crippen molar-refractivity contribution in [3.05, 3.63) is 35.5 Å². The van der Waals surface area contributed by atoms with Crippen LogP contribution in [-0.2, 0) is 13.6 Å². The molecule has 25 heavy (non-hydrogen) atoms. The monoisotopic (exact) mass is 348 g/mol. The third kappa shape index (κ3) is 3.78. The van der Waals surface area contributed by atoms with Crippen molar-refractivity contribution in [2.45, 2.75) is 44.2 Å². The molecule has 1 atom stereocenters. The molecule has 1 aliphatic carbocycles. The summed E-state index contributed by atoms with van der Waals surface area (Å²) >= 11 is 0. The van der Waals surface area contributed by atoms with E-state index in [1.54, 1.807) is 19.4 Å². The van der Waals surface area contributed by atoms with Crippen molar-refractivity contribution >= 4 is 5.82 Å². The molecule has 6 nitrogen and oxygen atoms in total. The highest BCUT2D eigenvalue weighted by Gasteiger charge is 2.28. The van der Waals surface area contributed by atoms with Crippen LogP contribution < -0.4 is 5.32 Å². The first-order valence-corrected chi connectivity index (χ1v) is 8.71. The second-order valence-electron chi connectivity index (χ2n) is 6.95. The minimum Gasteiger partial charge on any atom is -0.366 e. The van der Waals surface area contributed by atoms with Crippen molar-refractivity contribution in [3.63, 3.8) is 0 Å². The fourth-order valence-electron chi connectivity index (χ4n) is 3.40. The fraction of sp³-hybridized carbons (Fsp3) is 0.588. The van der Waals surface area contributed by atoms with Gasteiger partial charge in [-0.05, 0) is 25.3 Å². The number of aromatic nitrogens is 4. The van der Waals surface area contributed by atoms with Crippen molar-refractivity contribution < 1.29 is 8.78 Å². The number of hydrogen-bond donors (Lipinski definition) is 1. The first-order chi connectivity index (χ1) is 12.1. The number of anilines is 1. The Kier molecular flexibility index (Phi) is 4.37. The average Bonchev–Trinajstić information content (AvgIpc) is 3.24. The van der Waals surface area contributed by atoms with Gasteiger partial charge in [-0.1, -0.05) is 0 Å². The maximum Gasteiger partial charge on any atom is 0.282 e. The van der Waals surface area contributed by atoms with Gasteiger partial charge in [-0.2, -0.15) is 5.10 Å². The highest BCUT2D eigenvalue weighted by Crippen LogP contribution is 2.38. The van der Waals surface area contributed by atoms with Crippen LogP contribution in [0.3, 0.4) is 0 Å². The zero-order valence-corrected chi connectivity index (χ0v) is 14.2. The first kappa shape index (κ1) is 16.4. The third-order valence-corrected chi connectivity index (χ3v) is 4.78. The molecule has 0 aromatic carbocycles. The minimum absolute atomic E-state index is 0.108. The highest BCUT2D eigenvalue weighted by atomic mass is 19.3. The molecular weight excluding hydrogens is 326 g/mol. The van der Waals surface area contributed by atoms with E-state index in [2.05, 4.69) is 25.3 Å². The maximum atomic E-state index is 13.1. The molecule has 1 aliphatic heterocycles. The van der Waals surface area contributed by atoms with Gasteiger partial charge in [0.2, 0.25) is 0 Å². The van der Waals surface area contributed by atoms with E-state index in [0.717, 1.165) is 31.2 Å². The van der Waals surface area contributed by atoms with Gasteiger partial charge >= 0.3 is 0 Å². The normalized spacial score (nSPS) is 21.2. The first-order valence-electron chi connectivity index (χ1n) is 8.71. The topological polar surface area (TPSA) is 58.9 Å². The van der Waals surface area contributed by atoms with Crippen molar-refractivity contribution in [2.24, 2.45) is 7.05 Å². The molecule has 8 heteroatoms. The molecule has 1 saturated heterocycles. The lowest BCUT2D eigenvalue weighted by molar-refractivity contribution is 0.143. The zero-order valence-electron chi connectivity index (χ0n) is 14.2. The Hall–Kier alpha value is -2.09. The van der Waals surface area contributed by atoms with E-state index in [9.17, 15) is 8.78 Å². The lowest BCUT2D eigenvalue weighted by atomic mass is 10.2. The summed E-state index contributed by atoms with van der Waals surface area (Å²) in [6.07, 6.45) is 4.29. The van der Waals surface area contributed by atoms with Crippen molar-refractivity contribution in [3.8, 4) is 0 Å². The van der Waals surface area contributed by atoms with Crippen LogP contribution in [0.4, 0.5) is 14.6 Å². The zero-order chi connectivity index (χ0) is 17.4. The van der Waals surface area contributed by atoms with Crippen LogP contribution >= 0.6 is 0 Å². The van der Waals surface area contributed by atoms with E-state index >= 15 is 0 Å². The summed E-state index contributed by atoms with van der Waals surface area (Å²) in [5.74, 6) is 2.32. The maximum absolute atomic E-state index is 13.1. The van der Waals surface area contributed by atoms with Crippen molar-refractivity contribution in [1.29, 1.82) is 0 Å².